The van der Waals surface area contributed by atoms with Crippen LogP contribution in [0.25, 0.3) is 0 Å². The molecule has 0 saturated heterocycles. The van der Waals surface area contributed by atoms with Crippen LogP contribution in [0, 0.1) is 0 Å². The lowest BCUT2D eigenvalue weighted by atomic mass is 10.1. The largest absolute Gasteiger partial charge is 0.493 e. The van der Waals surface area contributed by atoms with E-state index in [9.17, 15) is 9.59 Å². The summed E-state index contributed by atoms with van der Waals surface area (Å²) in [6, 6.07) is 11.2. The van der Waals surface area contributed by atoms with Crippen LogP contribution in [0.2, 0.25) is 5.02 Å². The number of esters is 1. The Bertz CT molecular complexity index is 727. The van der Waals surface area contributed by atoms with Gasteiger partial charge in [0.1, 0.15) is 5.75 Å². The maximum Gasteiger partial charge on any atom is 0.349 e. The molecule has 0 N–H and O–H groups in total. The van der Waals surface area contributed by atoms with Crippen LogP contribution in [0.3, 0.4) is 0 Å². The third-order valence-corrected chi connectivity index (χ3v) is 3.18. The highest BCUT2D eigenvalue weighted by atomic mass is 35.5. The van der Waals surface area contributed by atoms with E-state index in [1.54, 1.807) is 36.4 Å². The third kappa shape index (κ3) is 4.72. The second kappa shape index (κ2) is 7.65. The number of ether oxygens (including phenoxy) is 3. The van der Waals surface area contributed by atoms with Crippen LogP contribution in [-0.4, -0.2) is 25.5 Å². The van der Waals surface area contributed by atoms with Gasteiger partial charge < -0.3 is 14.2 Å². The van der Waals surface area contributed by atoms with E-state index in [-0.39, 0.29) is 12.4 Å². The molecule has 0 aliphatic heterocycles. The van der Waals surface area contributed by atoms with Gasteiger partial charge in [0.2, 0.25) is 0 Å². The van der Waals surface area contributed by atoms with Crippen LogP contribution in [0.15, 0.2) is 42.5 Å². The molecule has 0 bridgehead atoms. The molecule has 0 heterocycles. The number of carbonyl (C=O) groups excluding carboxylic acids is 2. The van der Waals surface area contributed by atoms with Gasteiger partial charge in [0.05, 0.1) is 7.11 Å². The van der Waals surface area contributed by atoms with E-state index in [4.69, 9.17) is 25.8 Å². The minimum atomic E-state index is -0.579. The summed E-state index contributed by atoms with van der Waals surface area (Å²) in [7, 11) is 1.45. The van der Waals surface area contributed by atoms with Crippen LogP contribution < -0.4 is 14.2 Å². The van der Waals surface area contributed by atoms with Gasteiger partial charge in [0.15, 0.2) is 23.9 Å². The average molecular weight is 335 g/mol. The van der Waals surface area contributed by atoms with E-state index < -0.39 is 5.97 Å². The number of carbonyl (C=O) groups is 2. The van der Waals surface area contributed by atoms with Crippen molar-refractivity contribution in [3.05, 3.63) is 53.1 Å². The van der Waals surface area contributed by atoms with E-state index >= 15 is 0 Å². The number of hydrogen-bond donors (Lipinski definition) is 0. The van der Waals surface area contributed by atoms with Crippen molar-refractivity contribution in [2.45, 2.75) is 6.92 Å². The number of Topliss-reactive ketones (excluding diaryl/α,β-unsaturated/α-hetero) is 1. The summed E-state index contributed by atoms with van der Waals surface area (Å²) in [5.41, 5.74) is 0.496. The van der Waals surface area contributed by atoms with Gasteiger partial charge in [-0.05, 0) is 43.3 Å². The van der Waals surface area contributed by atoms with Gasteiger partial charge >= 0.3 is 5.97 Å². The number of rotatable bonds is 6. The van der Waals surface area contributed by atoms with E-state index in [2.05, 4.69) is 0 Å². The van der Waals surface area contributed by atoms with E-state index in [1.165, 1.54) is 20.1 Å². The molecule has 23 heavy (non-hydrogen) atoms. The molecule has 120 valence electrons. The second-order valence-electron chi connectivity index (χ2n) is 4.64. The highest BCUT2D eigenvalue weighted by Gasteiger charge is 2.11. The molecule has 2 aromatic rings. The summed E-state index contributed by atoms with van der Waals surface area (Å²) in [5, 5.41) is 0.470. The Balaban J connectivity index is 2.00. The molecule has 0 radical (unpaired) electrons. The summed E-state index contributed by atoms with van der Waals surface area (Å²) in [4.78, 5) is 23.1. The number of benzene rings is 2. The van der Waals surface area contributed by atoms with Gasteiger partial charge in [-0.25, -0.2) is 4.79 Å². The minimum absolute atomic E-state index is 0.0878. The number of halogens is 1. The Hall–Kier alpha value is -2.53. The molecule has 0 spiro atoms. The zero-order valence-corrected chi connectivity index (χ0v) is 13.4. The van der Waals surface area contributed by atoms with Crippen LogP contribution in [0.5, 0.6) is 17.2 Å². The van der Waals surface area contributed by atoms with Gasteiger partial charge in [-0.15, -0.1) is 0 Å². The predicted octanol–water partition coefficient (Wildman–Crippen LogP) is 3.54. The van der Waals surface area contributed by atoms with Crippen molar-refractivity contribution >= 4 is 23.4 Å². The van der Waals surface area contributed by atoms with Gasteiger partial charge in [0, 0.05) is 10.6 Å². The quantitative estimate of drug-likeness (QED) is 0.459. The monoisotopic (exact) mass is 334 g/mol. The molecule has 5 nitrogen and oxygen atoms in total. The van der Waals surface area contributed by atoms with Gasteiger partial charge in [-0.3, -0.25) is 4.79 Å². The minimum Gasteiger partial charge on any atom is -0.493 e. The first-order chi connectivity index (χ1) is 11.0. The maximum absolute atomic E-state index is 11.8. The molecule has 0 aliphatic carbocycles. The Labute approximate surface area is 138 Å². The Morgan fingerprint density at radius 3 is 2.52 bits per heavy atom. The Morgan fingerprint density at radius 2 is 1.87 bits per heavy atom. The lowest BCUT2D eigenvalue weighted by Crippen LogP contribution is -2.18. The van der Waals surface area contributed by atoms with Gasteiger partial charge in [-0.1, -0.05) is 17.7 Å². The van der Waals surface area contributed by atoms with Crippen LogP contribution in [0.1, 0.15) is 17.3 Å². The number of methoxy groups -OCH3 is 1. The van der Waals surface area contributed by atoms with E-state index in [1.807, 2.05) is 0 Å². The lowest BCUT2D eigenvalue weighted by Gasteiger charge is -2.11. The maximum atomic E-state index is 11.8. The third-order valence-electron chi connectivity index (χ3n) is 2.94. The molecule has 0 fully saturated rings. The topological polar surface area (TPSA) is 61.8 Å². The molecular formula is C17H15ClO5. The lowest BCUT2D eigenvalue weighted by molar-refractivity contribution is -0.136. The highest BCUT2D eigenvalue weighted by Crippen LogP contribution is 2.28. The van der Waals surface area contributed by atoms with Crippen molar-refractivity contribution in [3.8, 4) is 17.2 Å². The fourth-order valence-electron chi connectivity index (χ4n) is 1.83. The summed E-state index contributed by atoms with van der Waals surface area (Å²) < 4.78 is 15.6. The molecule has 2 rings (SSSR count). The molecular weight excluding hydrogens is 320 g/mol. The first-order valence-electron chi connectivity index (χ1n) is 6.77. The molecule has 2 aromatic carbocycles. The van der Waals surface area contributed by atoms with Crippen molar-refractivity contribution in [2.75, 3.05) is 13.7 Å². The number of hydrogen-bond acceptors (Lipinski definition) is 5. The van der Waals surface area contributed by atoms with Crippen molar-refractivity contribution < 1.29 is 23.8 Å². The zero-order valence-electron chi connectivity index (χ0n) is 12.7. The molecule has 0 unspecified atom stereocenters. The number of ketones is 1. The zero-order chi connectivity index (χ0) is 16.8. The standard InChI is InChI=1S/C17H15ClO5/c1-11(19)12-6-7-15(16(8-12)21-2)22-10-17(20)23-14-5-3-4-13(18)9-14/h3-9H,10H2,1-2H3. The smallest absolute Gasteiger partial charge is 0.349 e. The molecule has 6 heteroatoms. The van der Waals surface area contributed by atoms with Gasteiger partial charge in [-0.2, -0.15) is 0 Å². The van der Waals surface area contributed by atoms with Crippen molar-refractivity contribution in [1.82, 2.24) is 0 Å². The summed E-state index contributed by atoms with van der Waals surface area (Å²) in [6.45, 7) is 1.15. The van der Waals surface area contributed by atoms with Crippen molar-refractivity contribution in [2.24, 2.45) is 0 Å². The molecule has 0 saturated carbocycles. The van der Waals surface area contributed by atoms with Crippen LogP contribution >= 0.6 is 11.6 Å². The predicted molar refractivity (Wildman–Crippen MR) is 85.6 cm³/mol. The van der Waals surface area contributed by atoms with E-state index in [0.29, 0.717) is 27.8 Å². The van der Waals surface area contributed by atoms with E-state index in [0.717, 1.165) is 0 Å². The highest BCUT2D eigenvalue weighted by molar-refractivity contribution is 6.30. The SMILES string of the molecule is COc1cc(C(C)=O)ccc1OCC(=O)Oc1cccc(Cl)c1. The average Bonchev–Trinajstić information content (AvgIpc) is 2.52. The first kappa shape index (κ1) is 16.8. The Morgan fingerprint density at radius 1 is 1.09 bits per heavy atom. The first-order valence-corrected chi connectivity index (χ1v) is 7.15. The van der Waals surface area contributed by atoms with Crippen molar-refractivity contribution in [1.29, 1.82) is 0 Å². The molecule has 0 atom stereocenters. The molecule has 0 amide bonds. The summed E-state index contributed by atoms with van der Waals surface area (Å²) in [6.07, 6.45) is 0. The fraction of sp³-hybridized carbons (Fsp3) is 0.176. The van der Waals surface area contributed by atoms with Crippen LogP contribution in [-0.2, 0) is 4.79 Å². The molecule has 0 aromatic heterocycles. The normalized spacial score (nSPS) is 10.0. The summed E-state index contributed by atoms with van der Waals surface area (Å²) >= 11 is 5.81. The second-order valence-corrected chi connectivity index (χ2v) is 5.08. The van der Waals surface area contributed by atoms with Crippen LogP contribution in [0.4, 0.5) is 0 Å². The van der Waals surface area contributed by atoms with Gasteiger partial charge in [0.25, 0.3) is 0 Å². The molecule has 0 aliphatic rings. The fourth-order valence-corrected chi connectivity index (χ4v) is 2.01. The summed E-state index contributed by atoms with van der Waals surface area (Å²) in [5.74, 6) is 0.388. The van der Waals surface area contributed by atoms with Crippen molar-refractivity contribution in [3.63, 3.8) is 0 Å². The Kier molecular flexibility index (Phi) is 5.60.